The molecule has 0 aromatic rings. The Morgan fingerprint density at radius 1 is 0.588 bits per heavy atom. The summed E-state index contributed by atoms with van der Waals surface area (Å²) in [5, 5.41) is 0. The minimum Gasteiger partial charge on any atom is -0.756 e. The molecule has 0 aliphatic heterocycles. The Balaban J connectivity index is 4.24. The van der Waals surface area contributed by atoms with Crippen LogP contribution in [0.1, 0.15) is 194 Å². The maximum Gasteiger partial charge on any atom is 0.306 e. The van der Waals surface area contributed by atoms with Gasteiger partial charge in [0.05, 0.1) is 34.4 Å². The zero-order valence-electron chi connectivity index (χ0n) is 34.3. The van der Waals surface area contributed by atoms with Crippen LogP contribution in [0.2, 0.25) is 0 Å². The van der Waals surface area contributed by atoms with Crippen molar-refractivity contribution in [3.8, 4) is 0 Å². The molecule has 0 N–H and O–H groups in total. The number of allylic oxidation sites excluding steroid dienone is 2. The molecule has 0 amide bonds. The van der Waals surface area contributed by atoms with E-state index >= 15 is 0 Å². The first-order valence-electron chi connectivity index (χ1n) is 21.4. The number of esters is 1. The summed E-state index contributed by atoms with van der Waals surface area (Å²) in [6, 6.07) is 0. The topological polar surface area (TPSA) is 94.1 Å². The second-order valence-corrected chi connectivity index (χ2v) is 17.1. The summed E-state index contributed by atoms with van der Waals surface area (Å²) >= 11 is 0. The Bertz CT molecular complexity index is 833. The van der Waals surface area contributed by atoms with Crippen molar-refractivity contribution in [2.45, 2.75) is 200 Å². The normalized spacial score (nSPS) is 13.9. The molecule has 0 spiro atoms. The van der Waals surface area contributed by atoms with Crippen molar-refractivity contribution in [1.82, 2.24) is 0 Å². The van der Waals surface area contributed by atoms with Crippen molar-refractivity contribution in [3.63, 3.8) is 0 Å². The van der Waals surface area contributed by atoms with Crippen LogP contribution < -0.4 is 4.89 Å². The highest BCUT2D eigenvalue weighted by Crippen LogP contribution is 2.38. The largest absolute Gasteiger partial charge is 0.756 e. The average molecular weight is 746 g/mol. The Hall–Kier alpha value is -0.760. The molecule has 0 aromatic carbocycles. The van der Waals surface area contributed by atoms with E-state index in [1.165, 1.54) is 128 Å². The van der Waals surface area contributed by atoms with Crippen molar-refractivity contribution in [1.29, 1.82) is 0 Å². The van der Waals surface area contributed by atoms with Gasteiger partial charge in [-0.3, -0.25) is 9.36 Å². The number of likely N-dealkylation sites (N-methyl/N-ethyl adjacent to an activating group) is 1. The molecule has 9 heteroatoms. The van der Waals surface area contributed by atoms with Crippen LogP contribution in [-0.2, 0) is 27.9 Å². The number of hydrogen-bond acceptors (Lipinski definition) is 7. The van der Waals surface area contributed by atoms with Gasteiger partial charge in [0, 0.05) is 13.0 Å². The number of hydrogen-bond donors (Lipinski definition) is 0. The van der Waals surface area contributed by atoms with E-state index in [0.29, 0.717) is 24.1 Å². The summed E-state index contributed by atoms with van der Waals surface area (Å²) in [6.07, 6.45) is 37.8. The summed E-state index contributed by atoms with van der Waals surface area (Å²) in [5.41, 5.74) is 0. The van der Waals surface area contributed by atoms with Crippen LogP contribution in [0.3, 0.4) is 0 Å². The number of unbranched alkanes of at least 4 members (excludes halogenated alkanes) is 24. The first-order chi connectivity index (χ1) is 24.6. The van der Waals surface area contributed by atoms with Crippen molar-refractivity contribution in [2.24, 2.45) is 0 Å². The molecular weight excluding hydrogens is 661 g/mol. The van der Waals surface area contributed by atoms with Gasteiger partial charge in [0.15, 0.2) is 0 Å². The summed E-state index contributed by atoms with van der Waals surface area (Å²) in [5.74, 6) is -0.340. The van der Waals surface area contributed by atoms with Crippen LogP contribution in [-0.4, -0.2) is 70.7 Å². The summed E-state index contributed by atoms with van der Waals surface area (Å²) in [6.45, 7) is 5.43. The molecule has 0 fully saturated rings. The second kappa shape index (κ2) is 36.2. The summed E-state index contributed by atoms with van der Waals surface area (Å²) in [7, 11) is 1.36. The van der Waals surface area contributed by atoms with E-state index in [-0.39, 0.29) is 25.8 Å². The molecule has 0 saturated heterocycles. The second-order valence-electron chi connectivity index (χ2n) is 15.7. The highest BCUT2D eigenvalue weighted by Gasteiger charge is 2.20. The van der Waals surface area contributed by atoms with Crippen LogP contribution in [0.5, 0.6) is 0 Å². The van der Waals surface area contributed by atoms with Gasteiger partial charge in [0.1, 0.15) is 19.3 Å². The van der Waals surface area contributed by atoms with Gasteiger partial charge in [-0.15, -0.1) is 0 Å². The number of rotatable bonds is 40. The molecule has 0 aromatic heterocycles. The third-order valence-electron chi connectivity index (χ3n) is 9.32. The first kappa shape index (κ1) is 50.2. The third-order valence-corrected chi connectivity index (χ3v) is 10.3. The molecule has 51 heavy (non-hydrogen) atoms. The highest BCUT2D eigenvalue weighted by molar-refractivity contribution is 7.45. The van der Waals surface area contributed by atoms with Gasteiger partial charge in [-0.1, -0.05) is 161 Å². The molecule has 0 aliphatic rings. The molecule has 304 valence electrons. The van der Waals surface area contributed by atoms with Gasteiger partial charge < -0.3 is 27.9 Å². The predicted octanol–water partition coefficient (Wildman–Crippen LogP) is 11.6. The van der Waals surface area contributed by atoms with E-state index in [9.17, 15) is 14.3 Å². The molecule has 0 heterocycles. The SMILES string of the molecule is CCCCCCCCC=CCCCCCCCC(=O)O[C@H](COCCCCCCCCCCCCCCCC)COP(=O)([O-])OCC[N+](C)(C)C. The van der Waals surface area contributed by atoms with Crippen LogP contribution in [0.4, 0.5) is 0 Å². The Morgan fingerprint density at radius 3 is 1.49 bits per heavy atom. The van der Waals surface area contributed by atoms with Crippen LogP contribution in [0.15, 0.2) is 12.2 Å². The van der Waals surface area contributed by atoms with Gasteiger partial charge in [-0.25, -0.2) is 0 Å². The van der Waals surface area contributed by atoms with Gasteiger partial charge in [0.25, 0.3) is 7.82 Å². The fraction of sp³-hybridized carbons (Fsp3) is 0.929. The Kier molecular flexibility index (Phi) is 35.7. The van der Waals surface area contributed by atoms with E-state index in [2.05, 4.69) is 26.0 Å². The number of phosphoric ester groups is 1. The number of ether oxygens (including phenoxy) is 2. The average Bonchev–Trinajstić information content (AvgIpc) is 3.08. The monoisotopic (exact) mass is 746 g/mol. The minimum absolute atomic E-state index is 0.0276. The molecule has 8 nitrogen and oxygen atoms in total. The van der Waals surface area contributed by atoms with E-state index in [1.807, 2.05) is 21.1 Å². The molecule has 0 saturated carbocycles. The van der Waals surface area contributed by atoms with Gasteiger partial charge >= 0.3 is 5.97 Å². The number of quaternary nitrogens is 1. The van der Waals surface area contributed by atoms with Crippen molar-refractivity contribution >= 4 is 13.8 Å². The number of carbonyl (C=O) groups excluding carboxylic acids is 1. The zero-order chi connectivity index (χ0) is 37.7. The van der Waals surface area contributed by atoms with Crippen LogP contribution in [0.25, 0.3) is 0 Å². The fourth-order valence-electron chi connectivity index (χ4n) is 5.95. The Labute approximate surface area is 316 Å². The van der Waals surface area contributed by atoms with Gasteiger partial charge in [-0.05, 0) is 38.5 Å². The molecular formula is C42H84NO7P. The molecule has 2 atom stereocenters. The van der Waals surface area contributed by atoms with E-state index < -0.39 is 13.9 Å². The van der Waals surface area contributed by atoms with E-state index in [4.69, 9.17) is 18.5 Å². The van der Waals surface area contributed by atoms with Crippen molar-refractivity contribution < 1.29 is 37.3 Å². The predicted molar refractivity (Wildman–Crippen MR) is 213 cm³/mol. The maximum atomic E-state index is 12.6. The quantitative estimate of drug-likeness (QED) is 0.0203. The van der Waals surface area contributed by atoms with Crippen LogP contribution in [0, 0.1) is 0 Å². The first-order valence-corrected chi connectivity index (χ1v) is 22.9. The maximum absolute atomic E-state index is 12.6. The Morgan fingerprint density at radius 2 is 1.02 bits per heavy atom. The molecule has 1 unspecified atom stereocenters. The summed E-state index contributed by atoms with van der Waals surface area (Å²) in [4.78, 5) is 25.0. The summed E-state index contributed by atoms with van der Waals surface area (Å²) < 4.78 is 34.5. The van der Waals surface area contributed by atoms with Crippen molar-refractivity contribution in [3.05, 3.63) is 12.2 Å². The van der Waals surface area contributed by atoms with Gasteiger partial charge in [-0.2, -0.15) is 0 Å². The lowest BCUT2D eigenvalue weighted by molar-refractivity contribution is -0.870. The molecule has 0 bridgehead atoms. The van der Waals surface area contributed by atoms with E-state index in [0.717, 1.165) is 44.9 Å². The fourth-order valence-corrected chi connectivity index (χ4v) is 6.68. The van der Waals surface area contributed by atoms with E-state index in [1.54, 1.807) is 0 Å². The van der Waals surface area contributed by atoms with Gasteiger partial charge in [0.2, 0.25) is 0 Å². The lowest BCUT2D eigenvalue weighted by atomic mass is 10.0. The number of phosphoric acid groups is 1. The molecule has 0 rings (SSSR count). The molecule has 0 radical (unpaired) electrons. The number of carbonyl (C=O) groups is 1. The lowest BCUT2D eigenvalue weighted by Gasteiger charge is -2.28. The van der Waals surface area contributed by atoms with Crippen molar-refractivity contribution in [2.75, 3.05) is 54.1 Å². The highest BCUT2D eigenvalue weighted by atomic mass is 31.2. The minimum atomic E-state index is -4.52. The molecule has 0 aliphatic carbocycles. The van der Waals surface area contributed by atoms with Crippen LogP contribution >= 0.6 is 7.82 Å². The smallest absolute Gasteiger partial charge is 0.306 e. The third kappa shape index (κ3) is 40.3. The number of nitrogens with zero attached hydrogens (tertiary/aromatic N) is 1. The lowest BCUT2D eigenvalue weighted by Crippen LogP contribution is -2.37. The standard InChI is InChI=1S/C42H84NO7P/c1-6-8-10-12-14-16-18-20-22-23-25-27-29-31-33-35-42(44)50-41(40-49-51(45,46)48-38-36-43(3,4)5)39-47-37-34-32-30-28-26-24-21-19-17-15-13-11-9-7-2/h20,22,41H,6-19,21,23-40H2,1-5H3/t41-/m1/s1. The zero-order valence-corrected chi connectivity index (χ0v) is 35.2.